The van der Waals surface area contributed by atoms with Crippen LogP contribution in [0.2, 0.25) is 0 Å². The van der Waals surface area contributed by atoms with E-state index < -0.39 is 0 Å². The van der Waals surface area contributed by atoms with Gasteiger partial charge in [-0.3, -0.25) is 4.79 Å². The zero-order valence-electron chi connectivity index (χ0n) is 9.43. The second-order valence-electron chi connectivity index (χ2n) is 3.28. The molecule has 0 aliphatic heterocycles. The Hall–Kier alpha value is -0.610. The minimum Gasteiger partial charge on any atom is -0.383 e. The normalized spacial score (nSPS) is 12.5. The van der Waals surface area contributed by atoms with Crippen molar-refractivity contribution in [2.45, 2.75) is 32.7 Å². The van der Waals surface area contributed by atoms with Crippen molar-refractivity contribution >= 4 is 5.91 Å². The molecule has 84 valence electrons. The number of nitrogens with one attached hydrogen (secondary N) is 2. The Bertz CT molecular complexity index is 145. The maximum atomic E-state index is 11.1. The van der Waals surface area contributed by atoms with Gasteiger partial charge >= 0.3 is 0 Å². The quantitative estimate of drug-likeness (QED) is 0.603. The molecule has 14 heavy (non-hydrogen) atoms. The number of likely N-dealkylation sites (N-methyl/N-ethyl adjacent to an activating group) is 1. The van der Waals surface area contributed by atoms with E-state index >= 15 is 0 Å². The first kappa shape index (κ1) is 13.4. The average Bonchev–Trinajstić information content (AvgIpc) is 2.15. The van der Waals surface area contributed by atoms with Gasteiger partial charge < -0.3 is 15.4 Å². The van der Waals surface area contributed by atoms with Crippen LogP contribution in [-0.4, -0.2) is 38.8 Å². The topological polar surface area (TPSA) is 50.4 Å². The van der Waals surface area contributed by atoms with Crippen molar-refractivity contribution in [3.8, 4) is 0 Å². The van der Waals surface area contributed by atoms with Crippen molar-refractivity contribution < 1.29 is 9.53 Å². The lowest BCUT2D eigenvalue weighted by Gasteiger charge is -2.16. The van der Waals surface area contributed by atoms with E-state index in [-0.39, 0.29) is 11.9 Å². The second kappa shape index (κ2) is 8.97. The van der Waals surface area contributed by atoms with Gasteiger partial charge in [-0.2, -0.15) is 0 Å². The van der Waals surface area contributed by atoms with Crippen LogP contribution in [0.15, 0.2) is 0 Å². The van der Waals surface area contributed by atoms with Crippen LogP contribution in [0.5, 0.6) is 0 Å². The minimum atomic E-state index is 0.0460. The van der Waals surface area contributed by atoms with E-state index in [9.17, 15) is 4.79 Å². The maximum absolute atomic E-state index is 11.1. The van der Waals surface area contributed by atoms with E-state index in [1.165, 1.54) is 0 Å². The Morgan fingerprint density at radius 3 is 2.64 bits per heavy atom. The average molecular weight is 202 g/mol. The summed E-state index contributed by atoms with van der Waals surface area (Å²) in [4.78, 5) is 11.1. The van der Waals surface area contributed by atoms with E-state index in [0.717, 1.165) is 12.8 Å². The van der Waals surface area contributed by atoms with Crippen molar-refractivity contribution in [1.29, 1.82) is 0 Å². The lowest BCUT2D eigenvalue weighted by Crippen LogP contribution is -2.41. The molecule has 0 radical (unpaired) electrons. The maximum Gasteiger partial charge on any atom is 0.233 e. The summed E-state index contributed by atoms with van der Waals surface area (Å²) >= 11 is 0. The first-order chi connectivity index (χ1) is 6.74. The van der Waals surface area contributed by atoms with E-state index in [1.807, 2.05) is 6.92 Å². The molecule has 0 spiro atoms. The van der Waals surface area contributed by atoms with Crippen LogP contribution in [-0.2, 0) is 9.53 Å². The predicted molar refractivity (Wildman–Crippen MR) is 57.3 cm³/mol. The van der Waals surface area contributed by atoms with Gasteiger partial charge in [0.25, 0.3) is 0 Å². The number of carbonyl (C=O) groups excluding carboxylic acids is 1. The Morgan fingerprint density at radius 1 is 1.43 bits per heavy atom. The van der Waals surface area contributed by atoms with Gasteiger partial charge in [-0.15, -0.1) is 0 Å². The molecule has 1 atom stereocenters. The number of ether oxygens (including phenoxy) is 1. The summed E-state index contributed by atoms with van der Waals surface area (Å²) in [6.07, 6.45) is 2.13. The van der Waals surface area contributed by atoms with Gasteiger partial charge in [-0.1, -0.05) is 13.3 Å². The molecule has 0 aliphatic rings. The molecular formula is C10H22N2O2. The van der Waals surface area contributed by atoms with Crippen LogP contribution in [0.1, 0.15) is 26.7 Å². The molecule has 0 aromatic carbocycles. The highest BCUT2D eigenvalue weighted by Gasteiger charge is 2.08. The van der Waals surface area contributed by atoms with Crippen LogP contribution in [0.25, 0.3) is 0 Å². The largest absolute Gasteiger partial charge is 0.383 e. The Labute approximate surface area is 86.4 Å². The highest BCUT2D eigenvalue weighted by atomic mass is 16.5. The third-order valence-electron chi connectivity index (χ3n) is 1.93. The SMILES string of the molecule is CCCC(COC)NCC(=O)NCC. The van der Waals surface area contributed by atoms with Gasteiger partial charge in [-0.05, 0) is 13.3 Å². The van der Waals surface area contributed by atoms with Crippen molar-refractivity contribution in [3.63, 3.8) is 0 Å². The van der Waals surface area contributed by atoms with Crippen LogP contribution in [0.4, 0.5) is 0 Å². The fourth-order valence-corrected chi connectivity index (χ4v) is 1.29. The summed E-state index contributed by atoms with van der Waals surface area (Å²) in [5.74, 6) is 0.0460. The molecule has 0 aromatic rings. The fourth-order valence-electron chi connectivity index (χ4n) is 1.29. The molecule has 0 saturated carbocycles. The van der Waals surface area contributed by atoms with Gasteiger partial charge in [0.15, 0.2) is 0 Å². The Kier molecular flexibility index (Phi) is 8.57. The number of hydrogen-bond donors (Lipinski definition) is 2. The summed E-state index contributed by atoms with van der Waals surface area (Å²) in [6.45, 7) is 5.76. The fraction of sp³-hybridized carbons (Fsp3) is 0.900. The van der Waals surface area contributed by atoms with E-state index in [4.69, 9.17) is 4.74 Å². The molecule has 4 heteroatoms. The number of hydrogen-bond acceptors (Lipinski definition) is 3. The first-order valence-electron chi connectivity index (χ1n) is 5.23. The third-order valence-corrected chi connectivity index (χ3v) is 1.93. The number of methoxy groups -OCH3 is 1. The van der Waals surface area contributed by atoms with E-state index in [0.29, 0.717) is 19.7 Å². The molecule has 0 fully saturated rings. The zero-order valence-corrected chi connectivity index (χ0v) is 9.43. The Balaban J connectivity index is 3.63. The lowest BCUT2D eigenvalue weighted by atomic mass is 10.2. The standard InChI is InChI=1S/C10H22N2O2/c1-4-6-9(8-14-3)12-7-10(13)11-5-2/h9,12H,4-8H2,1-3H3,(H,11,13). The van der Waals surface area contributed by atoms with Gasteiger partial charge in [0.2, 0.25) is 5.91 Å². The van der Waals surface area contributed by atoms with Crippen LogP contribution < -0.4 is 10.6 Å². The number of carbonyl (C=O) groups is 1. The summed E-state index contributed by atoms with van der Waals surface area (Å²) in [5, 5.41) is 5.91. The predicted octanol–water partition coefficient (Wildman–Crippen LogP) is 0.527. The third kappa shape index (κ3) is 6.86. The Morgan fingerprint density at radius 2 is 2.14 bits per heavy atom. The van der Waals surface area contributed by atoms with Crippen LogP contribution in [0, 0.1) is 0 Å². The van der Waals surface area contributed by atoms with Crippen molar-refractivity contribution in [2.75, 3.05) is 26.8 Å². The van der Waals surface area contributed by atoms with Gasteiger partial charge in [0, 0.05) is 19.7 Å². The zero-order chi connectivity index (χ0) is 10.8. The van der Waals surface area contributed by atoms with Crippen molar-refractivity contribution in [1.82, 2.24) is 10.6 Å². The molecule has 0 rings (SSSR count). The summed E-state index contributed by atoms with van der Waals surface area (Å²) in [7, 11) is 1.68. The molecular weight excluding hydrogens is 180 g/mol. The molecule has 1 unspecified atom stereocenters. The molecule has 4 nitrogen and oxygen atoms in total. The first-order valence-corrected chi connectivity index (χ1v) is 5.23. The smallest absolute Gasteiger partial charge is 0.233 e. The van der Waals surface area contributed by atoms with E-state index in [2.05, 4.69) is 17.6 Å². The van der Waals surface area contributed by atoms with Crippen LogP contribution in [0.3, 0.4) is 0 Å². The van der Waals surface area contributed by atoms with Crippen LogP contribution >= 0.6 is 0 Å². The minimum absolute atomic E-state index is 0.0460. The highest BCUT2D eigenvalue weighted by molar-refractivity contribution is 5.77. The highest BCUT2D eigenvalue weighted by Crippen LogP contribution is 1.96. The summed E-state index contributed by atoms with van der Waals surface area (Å²) in [5.41, 5.74) is 0. The molecule has 0 bridgehead atoms. The van der Waals surface area contributed by atoms with E-state index in [1.54, 1.807) is 7.11 Å². The summed E-state index contributed by atoms with van der Waals surface area (Å²) in [6, 6.07) is 0.285. The second-order valence-corrected chi connectivity index (χ2v) is 3.28. The van der Waals surface area contributed by atoms with Crippen molar-refractivity contribution in [3.05, 3.63) is 0 Å². The lowest BCUT2D eigenvalue weighted by molar-refractivity contribution is -0.120. The summed E-state index contributed by atoms with van der Waals surface area (Å²) < 4.78 is 5.05. The molecule has 1 amide bonds. The molecule has 0 saturated heterocycles. The molecule has 2 N–H and O–H groups in total. The van der Waals surface area contributed by atoms with Gasteiger partial charge in [-0.25, -0.2) is 0 Å². The van der Waals surface area contributed by atoms with Crippen molar-refractivity contribution in [2.24, 2.45) is 0 Å². The molecule has 0 aromatic heterocycles. The number of rotatable bonds is 8. The molecule has 0 heterocycles. The van der Waals surface area contributed by atoms with Gasteiger partial charge in [0.05, 0.1) is 13.2 Å². The monoisotopic (exact) mass is 202 g/mol. The van der Waals surface area contributed by atoms with Gasteiger partial charge in [0.1, 0.15) is 0 Å². The number of amides is 1. The molecule has 0 aliphatic carbocycles.